The van der Waals surface area contributed by atoms with E-state index in [1.165, 1.54) is 38.5 Å². The van der Waals surface area contributed by atoms with Crippen LogP contribution in [0.5, 0.6) is 0 Å². The van der Waals surface area contributed by atoms with Crippen molar-refractivity contribution < 1.29 is 10.2 Å². The summed E-state index contributed by atoms with van der Waals surface area (Å²) in [5.41, 5.74) is 1.41. The summed E-state index contributed by atoms with van der Waals surface area (Å²) in [4.78, 5) is 0. The highest BCUT2D eigenvalue weighted by Crippen LogP contribution is 2.73. The van der Waals surface area contributed by atoms with Crippen molar-refractivity contribution in [2.45, 2.75) is 49.8 Å². The number of hydrogen-bond donors (Lipinski definition) is 2. The number of rotatable bonds is 2. The topological polar surface area (TPSA) is 40.5 Å². The molecule has 2 nitrogen and oxygen atoms in total. The molecule has 0 unspecified atom stereocenters. The molecular formula is C10H20O2P+. The lowest BCUT2D eigenvalue weighted by molar-refractivity contribution is 0.316. The lowest BCUT2D eigenvalue weighted by Gasteiger charge is -2.44. The van der Waals surface area contributed by atoms with Gasteiger partial charge in [0.15, 0.2) is 12.7 Å². The zero-order valence-electron chi connectivity index (χ0n) is 8.15. The third-order valence-corrected chi connectivity index (χ3v) is 9.13. The van der Waals surface area contributed by atoms with Crippen LogP contribution < -0.4 is 0 Å². The van der Waals surface area contributed by atoms with E-state index in [0.29, 0.717) is 24.0 Å². The van der Waals surface area contributed by atoms with Crippen LogP contribution in [-0.2, 0) is 0 Å². The van der Waals surface area contributed by atoms with Crippen molar-refractivity contribution in [1.29, 1.82) is 0 Å². The van der Waals surface area contributed by atoms with Crippen molar-refractivity contribution >= 4 is 7.26 Å². The zero-order valence-corrected chi connectivity index (χ0v) is 9.05. The van der Waals surface area contributed by atoms with Gasteiger partial charge in [0.25, 0.3) is 0 Å². The quantitative estimate of drug-likeness (QED) is 0.674. The first kappa shape index (κ1) is 9.89. The van der Waals surface area contributed by atoms with E-state index in [0.717, 1.165) is 0 Å². The van der Waals surface area contributed by atoms with Gasteiger partial charge in [-0.15, -0.1) is 0 Å². The van der Waals surface area contributed by atoms with Gasteiger partial charge in [-0.1, -0.05) is 0 Å². The molecule has 0 saturated carbocycles. The molecule has 2 bridgehead atoms. The van der Waals surface area contributed by atoms with Crippen molar-refractivity contribution in [3.05, 3.63) is 0 Å². The van der Waals surface area contributed by atoms with Gasteiger partial charge in [-0.3, -0.25) is 0 Å². The molecule has 0 radical (unpaired) electrons. The molecule has 13 heavy (non-hydrogen) atoms. The first-order valence-electron chi connectivity index (χ1n) is 5.41. The van der Waals surface area contributed by atoms with E-state index in [-0.39, 0.29) is 0 Å². The Balaban J connectivity index is 2.22. The molecule has 2 aliphatic heterocycles. The predicted molar refractivity (Wildman–Crippen MR) is 56.4 cm³/mol. The largest absolute Gasteiger partial charge is 0.362 e. The molecule has 2 saturated heterocycles. The van der Waals surface area contributed by atoms with Crippen LogP contribution in [0.15, 0.2) is 0 Å². The molecule has 2 heterocycles. The van der Waals surface area contributed by atoms with Gasteiger partial charge in [-0.05, 0) is 38.5 Å². The molecule has 76 valence electrons. The molecule has 2 aliphatic rings. The summed E-state index contributed by atoms with van der Waals surface area (Å²) in [7, 11) is -1.36. The minimum atomic E-state index is -1.36. The smallest absolute Gasteiger partial charge is 0.156 e. The van der Waals surface area contributed by atoms with Crippen molar-refractivity contribution in [1.82, 2.24) is 0 Å². The van der Waals surface area contributed by atoms with Crippen LogP contribution in [0, 0.1) is 0 Å². The molecular weight excluding hydrogens is 183 g/mol. The van der Waals surface area contributed by atoms with E-state index in [2.05, 4.69) is 0 Å². The Kier molecular flexibility index (Phi) is 2.92. The lowest BCUT2D eigenvalue weighted by atomic mass is 9.99. The summed E-state index contributed by atoms with van der Waals surface area (Å²) >= 11 is 0. The molecule has 3 heteroatoms. The summed E-state index contributed by atoms with van der Waals surface area (Å²) in [6.45, 7) is 0. The van der Waals surface area contributed by atoms with Crippen LogP contribution in [-0.4, -0.2) is 34.2 Å². The van der Waals surface area contributed by atoms with Gasteiger partial charge in [0.2, 0.25) is 0 Å². The monoisotopic (exact) mass is 203 g/mol. The zero-order chi connectivity index (χ0) is 9.31. The molecule has 0 aromatic rings. The standard InChI is InChI=1S/C10H20O2P/c11-7-13(8-12)9-3-1-4-10(13)6-2-5-9/h9-12H,1-8H2/q+1. The lowest BCUT2D eigenvalue weighted by Crippen LogP contribution is -2.36. The van der Waals surface area contributed by atoms with E-state index >= 15 is 0 Å². The predicted octanol–water partition coefficient (Wildman–Crippen LogP) is 2.01. The van der Waals surface area contributed by atoms with Gasteiger partial charge in [-0.25, -0.2) is 0 Å². The summed E-state index contributed by atoms with van der Waals surface area (Å²) < 4.78 is 0. The second-order valence-electron chi connectivity index (χ2n) is 4.56. The number of aliphatic hydroxyl groups is 2. The third kappa shape index (κ3) is 1.44. The van der Waals surface area contributed by atoms with Gasteiger partial charge >= 0.3 is 0 Å². The summed E-state index contributed by atoms with van der Waals surface area (Å²) in [5, 5.41) is 19.1. The first-order valence-corrected chi connectivity index (χ1v) is 7.71. The van der Waals surface area contributed by atoms with Crippen LogP contribution in [0.1, 0.15) is 38.5 Å². The second kappa shape index (κ2) is 3.84. The average Bonchev–Trinajstić information content (AvgIpc) is 2.16. The van der Waals surface area contributed by atoms with Crippen LogP contribution in [0.25, 0.3) is 0 Å². The number of fused-ring (bicyclic) bond motifs is 2. The van der Waals surface area contributed by atoms with Crippen molar-refractivity contribution in [3.8, 4) is 0 Å². The molecule has 0 aliphatic carbocycles. The third-order valence-electron chi connectivity index (χ3n) is 4.13. The van der Waals surface area contributed by atoms with E-state index in [1.807, 2.05) is 0 Å². The normalized spacial score (nSPS) is 37.4. The van der Waals surface area contributed by atoms with Crippen LogP contribution in [0.2, 0.25) is 0 Å². The summed E-state index contributed by atoms with van der Waals surface area (Å²) in [6, 6.07) is 0. The van der Waals surface area contributed by atoms with E-state index < -0.39 is 7.26 Å². The summed E-state index contributed by atoms with van der Waals surface area (Å²) in [6.07, 6.45) is 8.35. The molecule has 2 N–H and O–H groups in total. The van der Waals surface area contributed by atoms with Crippen LogP contribution in [0.3, 0.4) is 0 Å². The second-order valence-corrected chi connectivity index (χ2v) is 8.79. The molecule has 2 rings (SSSR count). The highest BCUT2D eigenvalue weighted by molar-refractivity contribution is 7.76. The molecule has 0 aromatic heterocycles. The van der Waals surface area contributed by atoms with Crippen LogP contribution >= 0.6 is 7.26 Å². The Hall–Kier alpha value is 0.350. The van der Waals surface area contributed by atoms with Crippen molar-refractivity contribution in [2.24, 2.45) is 0 Å². The Morgan fingerprint density at radius 3 is 1.46 bits per heavy atom. The molecule has 0 spiro atoms. The van der Waals surface area contributed by atoms with Gasteiger partial charge < -0.3 is 10.2 Å². The first-order chi connectivity index (χ1) is 6.33. The van der Waals surface area contributed by atoms with Gasteiger partial charge in [0.05, 0.1) is 18.6 Å². The Labute approximate surface area is 80.7 Å². The van der Waals surface area contributed by atoms with Crippen molar-refractivity contribution in [2.75, 3.05) is 12.7 Å². The van der Waals surface area contributed by atoms with Crippen molar-refractivity contribution in [3.63, 3.8) is 0 Å². The molecule has 0 amide bonds. The van der Waals surface area contributed by atoms with E-state index in [4.69, 9.17) is 0 Å². The molecule has 0 atom stereocenters. The Morgan fingerprint density at radius 2 is 1.23 bits per heavy atom. The average molecular weight is 203 g/mol. The maximum Gasteiger partial charge on any atom is 0.156 e. The molecule has 0 aromatic carbocycles. The van der Waals surface area contributed by atoms with Gasteiger partial charge in [0, 0.05) is 0 Å². The van der Waals surface area contributed by atoms with Gasteiger partial charge in [-0.2, -0.15) is 0 Å². The highest BCUT2D eigenvalue weighted by Gasteiger charge is 2.55. The molecule has 2 fully saturated rings. The maximum absolute atomic E-state index is 9.54. The Morgan fingerprint density at radius 1 is 0.846 bits per heavy atom. The fraction of sp³-hybridized carbons (Fsp3) is 1.00. The van der Waals surface area contributed by atoms with E-state index in [9.17, 15) is 10.2 Å². The number of hydrogen-bond acceptors (Lipinski definition) is 2. The fourth-order valence-corrected chi connectivity index (χ4v) is 7.70. The van der Waals surface area contributed by atoms with Crippen LogP contribution in [0.4, 0.5) is 0 Å². The number of aliphatic hydroxyl groups excluding tert-OH is 2. The highest BCUT2D eigenvalue weighted by atomic mass is 31.2. The summed E-state index contributed by atoms with van der Waals surface area (Å²) in [5.74, 6) is 0. The minimum Gasteiger partial charge on any atom is -0.362 e. The minimum absolute atomic E-state index is 0.304. The fourth-order valence-electron chi connectivity index (χ4n) is 3.30. The SMILES string of the molecule is OC[P+]1(CO)C2CCCC1CCC2. The van der Waals surface area contributed by atoms with E-state index in [1.54, 1.807) is 0 Å². The maximum atomic E-state index is 9.54. The Bertz CT molecular complexity index is 156. The van der Waals surface area contributed by atoms with Gasteiger partial charge in [0.1, 0.15) is 0 Å².